The van der Waals surface area contributed by atoms with Crippen LogP contribution in [0.2, 0.25) is 0 Å². The summed E-state index contributed by atoms with van der Waals surface area (Å²) in [4.78, 5) is 23.8. The van der Waals surface area contributed by atoms with Crippen molar-refractivity contribution < 1.29 is 19.8 Å². The third-order valence-electron chi connectivity index (χ3n) is 3.14. The Bertz CT molecular complexity index is 317. The smallest absolute Gasteiger partial charge is 0.317 e. The summed E-state index contributed by atoms with van der Waals surface area (Å²) >= 11 is 0. The minimum atomic E-state index is -0.816. The quantitative estimate of drug-likeness (QED) is 0.680. The Morgan fingerprint density at radius 1 is 1.50 bits per heavy atom. The zero-order chi connectivity index (χ0) is 13.8. The number of β-amino-alcohol motifs (C(OH)–C–C–N with tert-alkyl or cyclic N) is 1. The van der Waals surface area contributed by atoms with E-state index in [2.05, 4.69) is 5.32 Å². The van der Waals surface area contributed by atoms with Crippen LogP contribution in [-0.2, 0) is 4.79 Å². The van der Waals surface area contributed by atoms with Gasteiger partial charge in [0.2, 0.25) is 0 Å². The lowest BCUT2D eigenvalue weighted by molar-refractivity contribution is -0.137. The molecule has 0 saturated carbocycles. The number of carbonyl (C=O) groups excluding carboxylic acids is 1. The van der Waals surface area contributed by atoms with Crippen molar-refractivity contribution in [2.24, 2.45) is 0 Å². The van der Waals surface area contributed by atoms with Crippen LogP contribution in [0, 0.1) is 0 Å². The first kappa shape index (κ1) is 14.8. The standard InChI is InChI=1S/C12H22N2O4/c1-9(4-3-5-10(15)16)13-11(17)14-7-6-12(2,18)8-14/h9,18H,3-8H2,1-2H3,(H,13,17)(H,15,16). The van der Waals surface area contributed by atoms with Crippen LogP contribution in [0.15, 0.2) is 0 Å². The summed E-state index contributed by atoms with van der Waals surface area (Å²) in [5.41, 5.74) is -0.788. The monoisotopic (exact) mass is 258 g/mol. The van der Waals surface area contributed by atoms with Crippen molar-refractivity contribution in [2.45, 2.75) is 51.2 Å². The molecule has 0 aromatic carbocycles. The number of nitrogens with zero attached hydrogens (tertiary/aromatic N) is 1. The predicted molar refractivity (Wildman–Crippen MR) is 66.3 cm³/mol. The highest BCUT2D eigenvalue weighted by Gasteiger charge is 2.34. The lowest BCUT2D eigenvalue weighted by atomic mass is 10.1. The summed E-state index contributed by atoms with van der Waals surface area (Å²) in [5.74, 6) is -0.816. The lowest BCUT2D eigenvalue weighted by Crippen LogP contribution is -2.44. The second-order valence-electron chi connectivity index (χ2n) is 5.31. The molecular formula is C12H22N2O4. The molecule has 0 aromatic rings. The molecule has 1 rings (SSSR count). The fourth-order valence-electron chi connectivity index (χ4n) is 2.05. The van der Waals surface area contributed by atoms with E-state index in [1.54, 1.807) is 11.8 Å². The maximum atomic E-state index is 11.8. The van der Waals surface area contributed by atoms with Crippen molar-refractivity contribution in [3.63, 3.8) is 0 Å². The van der Waals surface area contributed by atoms with E-state index in [0.717, 1.165) is 0 Å². The molecule has 1 aliphatic rings. The van der Waals surface area contributed by atoms with Crippen LogP contribution >= 0.6 is 0 Å². The molecule has 2 amide bonds. The molecule has 1 heterocycles. The molecule has 0 spiro atoms. The average molecular weight is 258 g/mol. The summed E-state index contributed by atoms with van der Waals surface area (Å²) in [7, 11) is 0. The number of likely N-dealkylation sites (tertiary alicyclic amines) is 1. The number of hydrogen-bond donors (Lipinski definition) is 3. The Morgan fingerprint density at radius 3 is 2.67 bits per heavy atom. The first-order valence-corrected chi connectivity index (χ1v) is 6.30. The second kappa shape index (κ2) is 6.04. The molecule has 104 valence electrons. The van der Waals surface area contributed by atoms with Crippen molar-refractivity contribution in [3.8, 4) is 0 Å². The van der Waals surface area contributed by atoms with Gasteiger partial charge in [-0.15, -0.1) is 0 Å². The van der Waals surface area contributed by atoms with E-state index in [-0.39, 0.29) is 18.5 Å². The van der Waals surface area contributed by atoms with Crippen LogP contribution in [0.5, 0.6) is 0 Å². The molecule has 6 heteroatoms. The molecule has 1 aliphatic heterocycles. The molecule has 2 unspecified atom stereocenters. The van der Waals surface area contributed by atoms with E-state index in [0.29, 0.717) is 32.4 Å². The Balaban J connectivity index is 2.25. The highest BCUT2D eigenvalue weighted by Crippen LogP contribution is 2.20. The minimum absolute atomic E-state index is 0.0533. The van der Waals surface area contributed by atoms with Gasteiger partial charge >= 0.3 is 12.0 Å². The van der Waals surface area contributed by atoms with E-state index >= 15 is 0 Å². The third kappa shape index (κ3) is 4.91. The fourth-order valence-corrected chi connectivity index (χ4v) is 2.05. The summed E-state index contributed by atoms with van der Waals surface area (Å²) in [5, 5.41) is 21.1. The maximum Gasteiger partial charge on any atom is 0.317 e. The maximum absolute atomic E-state index is 11.8. The lowest BCUT2D eigenvalue weighted by Gasteiger charge is -2.22. The first-order valence-electron chi connectivity index (χ1n) is 6.30. The van der Waals surface area contributed by atoms with Crippen molar-refractivity contribution >= 4 is 12.0 Å². The van der Waals surface area contributed by atoms with Gasteiger partial charge in [0.05, 0.1) is 12.1 Å². The Kier molecular flexibility index (Phi) is 4.95. The van der Waals surface area contributed by atoms with Gasteiger partial charge in [-0.2, -0.15) is 0 Å². The number of carboxylic acids is 1. The topological polar surface area (TPSA) is 89.9 Å². The number of aliphatic hydroxyl groups is 1. The molecule has 3 N–H and O–H groups in total. The molecule has 0 aromatic heterocycles. The number of nitrogens with one attached hydrogen (secondary N) is 1. The first-order chi connectivity index (χ1) is 8.30. The van der Waals surface area contributed by atoms with Crippen molar-refractivity contribution in [1.82, 2.24) is 10.2 Å². The SMILES string of the molecule is CC(CCCC(=O)O)NC(=O)N1CCC(C)(O)C1. The van der Waals surface area contributed by atoms with Crippen LogP contribution in [-0.4, -0.2) is 51.8 Å². The Labute approximate surface area is 107 Å². The fraction of sp³-hybridized carbons (Fsp3) is 0.833. The van der Waals surface area contributed by atoms with E-state index in [4.69, 9.17) is 5.11 Å². The van der Waals surface area contributed by atoms with Gasteiger partial charge in [0.25, 0.3) is 0 Å². The van der Waals surface area contributed by atoms with Gasteiger partial charge in [-0.3, -0.25) is 4.79 Å². The highest BCUT2D eigenvalue weighted by atomic mass is 16.4. The number of aliphatic carboxylic acids is 1. The van der Waals surface area contributed by atoms with Gasteiger partial charge < -0.3 is 20.4 Å². The zero-order valence-electron chi connectivity index (χ0n) is 11.0. The third-order valence-corrected chi connectivity index (χ3v) is 3.14. The van der Waals surface area contributed by atoms with Crippen molar-refractivity contribution in [1.29, 1.82) is 0 Å². The number of rotatable bonds is 5. The molecule has 0 bridgehead atoms. The molecule has 1 fully saturated rings. The van der Waals surface area contributed by atoms with Crippen LogP contribution in [0.3, 0.4) is 0 Å². The molecular weight excluding hydrogens is 236 g/mol. The summed E-state index contributed by atoms with van der Waals surface area (Å²) in [6.45, 7) is 4.48. The molecule has 1 saturated heterocycles. The molecule has 2 atom stereocenters. The second-order valence-corrected chi connectivity index (χ2v) is 5.31. The van der Waals surface area contributed by atoms with E-state index < -0.39 is 11.6 Å². The van der Waals surface area contributed by atoms with Gasteiger partial charge in [0.15, 0.2) is 0 Å². The number of carbonyl (C=O) groups is 2. The molecule has 6 nitrogen and oxygen atoms in total. The zero-order valence-corrected chi connectivity index (χ0v) is 11.0. The van der Waals surface area contributed by atoms with Gasteiger partial charge in [0.1, 0.15) is 0 Å². The number of amides is 2. The van der Waals surface area contributed by atoms with Crippen molar-refractivity contribution in [3.05, 3.63) is 0 Å². The largest absolute Gasteiger partial charge is 0.481 e. The van der Waals surface area contributed by atoms with Gasteiger partial charge in [-0.1, -0.05) is 0 Å². The predicted octanol–water partition coefficient (Wildman–Crippen LogP) is 0.796. The normalized spacial score (nSPS) is 24.9. The summed E-state index contributed by atoms with van der Waals surface area (Å²) < 4.78 is 0. The van der Waals surface area contributed by atoms with Gasteiger partial charge in [0, 0.05) is 19.0 Å². The summed E-state index contributed by atoms with van der Waals surface area (Å²) in [6.07, 6.45) is 1.91. The van der Waals surface area contributed by atoms with Crippen LogP contribution in [0.25, 0.3) is 0 Å². The van der Waals surface area contributed by atoms with Crippen LogP contribution in [0.4, 0.5) is 4.79 Å². The van der Waals surface area contributed by atoms with Gasteiger partial charge in [-0.25, -0.2) is 4.79 Å². The minimum Gasteiger partial charge on any atom is -0.481 e. The van der Waals surface area contributed by atoms with E-state index in [1.807, 2.05) is 6.92 Å². The Morgan fingerprint density at radius 2 is 2.17 bits per heavy atom. The van der Waals surface area contributed by atoms with E-state index in [9.17, 15) is 14.7 Å². The van der Waals surface area contributed by atoms with Crippen LogP contribution in [0.1, 0.15) is 39.5 Å². The number of urea groups is 1. The molecule has 18 heavy (non-hydrogen) atoms. The Hall–Kier alpha value is -1.30. The van der Waals surface area contributed by atoms with Crippen LogP contribution < -0.4 is 5.32 Å². The van der Waals surface area contributed by atoms with Gasteiger partial charge in [-0.05, 0) is 33.1 Å². The summed E-state index contributed by atoms with van der Waals surface area (Å²) in [6, 6.07) is -0.238. The molecule has 0 aliphatic carbocycles. The number of hydrogen-bond acceptors (Lipinski definition) is 3. The number of carboxylic acid groups (broad SMARTS) is 1. The van der Waals surface area contributed by atoms with E-state index in [1.165, 1.54) is 0 Å². The highest BCUT2D eigenvalue weighted by molar-refractivity contribution is 5.75. The van der Waals surface area contributed by atoms with Crippen molar-refractivity contribution in [2.75, 3.05) is 13.1 Å². The average Bonchev–Trinajstić information content (AvgIpc) is 2.58. The molecule has 0 radical (unpaired) electrons.